The topological polar surface area (TPSA) is 103 Å². The van der Waals surface area contributed by atoms with Gasteiger partial charge in [0.15, 0.2) is 0 Å². The average molecular weight is 471 g/mol. The van der Waals surface area contributed by atoms with E-state index in [1.165, 1.54) is 16.9 Å². The van der Waals surface area contributed by atoms with E-state index in [2.05, 4.69) is 30.8 Å². The monoisotopic (exact) mass is 470 g/mol. The fraction of sp³-hybridized carbons (Fsp3) is 0.160. The molecule has 2 amide bonds. The molecule has 0 unspecified atom stereocenters. The summed E-state index contributed by atoms with van der Waals surface area (Å²) in [6.45, 7) is 3.98. The highest BCUT2D eigenvalue weighted by molar-refractivity contribution is 6.00. The Morgan fingerprint density at radius 2 is 1.74 bits per heavy atom. The Morgan fingerprint density at radius 1 is 0.971 bits per heavy atom. The number of hydrogen-bond donors (Lipinski definition) is 2. The molecular formula is C25H23FN8O. The van der Waals surface area contributed by atoms with Crippen LogP contribution in [0.3, 0.4) is 0 Å². The number of urea groups is 1. The van der Waals surface area contributed by atoms with Crippen LogP contribution in [-0.4, -0.2) is 35.6 Å². The highest BCUT2D eigenvalue weighted by Crippen LogP contribution is 2.28. The first-order chi connectivity index (χ1) is 16.9. The number of carbonyl (C=O) groups excluding carboxylic acids is 1. The molecule has 1 aromatic carbocycles. The number of anilines is 2. The van der Waals surface area contributed by atoms with Crippen molar-refractivity contribution in [2.24, 2.45) is 7.05 Å². The number of carbonyl (C=O) groups is 1. The van der Waals surface area contributed by atoms with Gasteiger partial charge in [-0.2, -0.15) is 10.2 Å². The van der Waals surface area contributed by atoms with Gasteiger partial charge in [-0.05, 0) is 23.6 Å². The van der Waals surface area contributed by atoms with Crippen LogP contribution in [0.15, 0.2) is 67.4 Å². The zero-order chi connectivity index (χ0) is 24.5. The first kappa shape index (κ1) is 22.2. The average Bonchev–Trinajstić information content (AvgIpc) is 3.43. The molecule has 0 spiro atoms. The van der Waals surface area contributed by atoms with Crippen LogP contribution in [0.1, 0.15) is 25.5 Å². The number of halogens is 1. The highest BCUT2D eigenvalue weighted by Gasteiger charge is 2.16. The maximum atomic E-state index is 13.7. The molecule has 0 radical (unpaired) electrons. The van der Waals surface area contributed by atoms with E-state index in [1.807, 2.05) is 51.4 Å². The van der Waals surface area contributed by atoms with Gasteiger partial charge in [-0.1, -0.05) is 26.0 Å². The molecular weight excluding hydrogens is 447 g/mol. The van der Waals surface area contributed by atoms with E-state index in [0.29, 0.717) is 17.2 Å². The summed E-state index contributed by atoms with van der Waals surface area (Å²) >= 11 is 0. The summed E-state index contributed by atoms with van der Waals surface area (Å²) in [5.74, 6) is 0.0361. The number of aryl methyl sites for hydroxylation is 1. The molecule has 35 heavy (non-hydrogen) atoms. The van der Waals surface area contributed by atoms with Crippen LogP contribution in [0, 0.1) is 5.82 Å². The van der Waals surface area contributed by atoms with Crippen molar-refractivity contribution in [3.05, 3.63) is 78.9 Å². The lowest BCUT2D eigenvalue weighted by Gasteiger charge is -2.10. The molecule has 0 aliphatic rings. The number of rotatable bonds is 5. The molecule has 4 heterocycles. The Labute approximate surface area is 200 Å². The number of nitrogens with one attached hydrogen (secondary N) is 2. The van der Waals surface area contributed by atoms with Crippen LogP contribution in [0.2, 0.25) is 0 Å². The SMILES string of the molecule is CC(C)c1cc(NC(=O)Nc2ccc(-c3cncc4c3cnn4C)cc2)n(-c2cncc(F)c2)n1. The number of pyridine rings is 2. The Hall–Kier alpha value is -4.60. The van der Waals surface area contributed by atoms with Crippen LogP contribution >= 0.6 is 0 Å². The Balaban J connectivity index is 1.35. The summed E-state index contributed by atoms with van der Waals surface area (Å²) < 4.78 is 17.0. The zero-order valence-electron chi connectivity index (χ0n) is 19.4. The summed E-state index contributed by atoms with van der Waals surface area (Å²) in [5, 5.41) is 15.4. The Kier molecular flexibility index (Phi) is 5.69. The van der Waals surface area contributed by atoms with Crippen molar-refractivity contribution >= 4 is 28.4 Å². The van der Waals surface area contributed by atoms with E-state index < -0.39 is 11.8 Å². The number of benzene rings is 1. The van der Waals surface area contributed by atoms with Gasteiger partial charge in [-0.15, -0.1) is 0 Å². The van der Waals surface area contributed by atoms with Gasteiger partial charge in [0, 0.05) is 42.0 Å². The third-order valence-corrected chi connectivity index (χ3v) is 5.63. The second-order valence-electron chi connectivity index (χ2n) is 8.43. The number of hydrogen-bond acceptors (Lipinski definition) is 5. The van der Waals surface area contributed by atoms with Crippen molar-refractivity contribution in [2.45, 2.75) is 19.8 Å². The largest absolute Gasteiger partial charge is 0.324 e. The van der Waals surface area contributed by atoms with E-state index in [4.69, 9.17) is 0 Å². The fourth-order valence-corrected chi connectivity index (χ4v) is 3.79. The van der Waals surface area contributed by atoms with Crippen molar-refractivity contribution in [2.75, 3.05) is 10.6 Å². The smallest absolute Gasteiger partial charge is 0.308 e. The molecule has 0 bridgehead atoms. The molecule has 0 aliphatic heterocycles. The first-order valence-corrected chi connectivity index (χ1v) is 11.0. The van der Waals surface area contributed by atoms with Crippen LogP contribution in [-0.2, 0) is 7.05 Å². The van der Waals surface area contributed by atoms with Crippen molar-refractivity contribution < 1.29 is 9.18 Å². The van der Waals surface area contributed by atoms with E-state index >= 15 is 0 Å². The second-order valence-corrected chi connectivity index (χ2v) is 8.43. The van der Waals surface area contributed by atoms with Crippen molar-refractivity contribution in [3.8, 4) is 16.8 Å². The predicted molar refractivity (Wildman–Crippen MR) is 132 cm³/mol. The molecule has 10 heteroatoms. The van der Waals surface area contributed by atoms with Gasteiger partial charge < -0.3 is 5.32 Å². The minimum Gasteiger partial charge on any atom is -0.308 e. The Bertz CT molecular complexity index is 1520. The molecule has 4 aromatic heterocycles. The molecule has 0 fully saturated rings. The molecule has 5 aromatic rings. The molecule has 176 valence electrons. The van der Waals surface area contributed by atoms with Gasteiger partial charge in [-0.25, -0.2) is 13.9 Å². The van der Waals surface area contributed by atoms with Crippen molar-refractivity contribution in [1.82, 2.24) is 29.5 Å². The minimum absolute atomic E-state index is 0.118. The number of nitrogens with zero attached hydrogens (tertiary/aromatic N) is 6. The van der Waals surface area contributed by atoms with E-state index in [0.717, 1.165) is 33.9 Å². The lowest BCUT2D eigenvalue weighted by Crippen LogP contribution is -2.21. The van der Waals surface area contributed by atoms with E-state index in [-0.39, 0.29) is 5.92 Å². The van der Waals surface area contributed by atoms with Crippen LogP contribution in [0.4, 0.5) is 20.7 Å². The number of fused-ring (bicyclic) bond motifs is 1. The predicted octanol–water partition coefficient (Wildman–Crippen LogP) is 5.12. The summed E-state index contributed by atoms with van der Waals surface area (Å²) in [7, 11) is 1.88. The first-order valence-electron chi connectivity index (χ1n) is 11.0. The van der Waals surface area contributed by atoms with Crippen molar-refractivity contribution in [1.29, 1.82) is 0 Å². The van der Waals surface area contributed by atoms with Gasteiger partial charge in [0.05, 0.1) is 41.7 Å². The van der Waals surface area contributed by atoms with Gasteiger partial charge in [0.1, 0.15) is 11.6 Å². The molecule has 2 N–H and O–H groups in total. The quantitative estimate of drug-likeness (QED) is 0.371. The third-order valence-electron chi connectivity index (χ3n) is 5.63. The molecule has 9 nitrogen and oxygen atoms in total. The molecule has 5 rings (SSSR count). The van der Waals surface area contributed by atoms with Crippen molar-refractivity contribution in [3.63, 3.8) is 0 Å². The fourth-order valence-electron chi connectivity index (χ4n) is 3.79. The lowest BCUT2D eigenvalue weighted by molar-refractivity contribution is 0.262. The minimum atomic E-state index is -0.489. The maximum absolute atomic E-state index is 13.7. The standard InChI is InChI=1S/C25H23FN8O/c1-15(2)22-9-24(34(32-22)19-8-17(26)10-27-11-19)31-25(35)30-18-6-4-16(5-7-18)20-12-28-14-23-21(20)13-29-33(23)3/h4-15H,1-3H3,(H2,30,31,35). The third kappa shape index (κ3) is 4.45. The summed E-state index contributed by atoms with van der Waals surface area (Å²) in [6, 6.07) is 10.1. The second kappa shape index (κ2) is 8.98. The van der Waals surface area contributed by atoms with E-state index in [9.17, 15) is 9.18 Å². The van der Waals surface area contributed by atoms with Gasteiger partial charge in [-0.3, -0.25) is 20.0 Å². The number of aromatic nitrogens is 6. The van der Waals surface area contributed by atoms with Gasteiger partial charge in [0.25, 0.3) is 0 Å². The molecule has 0 aliphatic carbocycles. The maximum Gasteiger partial charge on any atom is 0.324 e. The van der Waals surface area contributed by atoms with E-state index in [1.54, 1.807) is 23.1 Å². The Morgan fingerprint density at radius 3 is 2.49 bits per heavy atom. The summed E-state index contributed by atoms with van der Waals surface area (Å²) in [5.41, 5.74) is 4.64. The summed E-state index contributed by atoms with van der Waals surface area (Å²) in [6.07, 6.45) is 7.99. The van der Waals surface area contributed by atoms with Crippen LogP contribution in [0.25, 0.3) is 27.7 Å². The highest BCUT2D eigenvalue weighted by atomic mass is 19.1. The van der Waals surface area contributed by atoms with Crippen LogP contribution in [0.5, 0.6) is 0 Å². The number of amides is 2. The van der Waals surface area contributed by atoms with Gasteiger partial charge in [0.2, 0.25) is 0 Å². The zero-order valence-corrected chi connectivity index (χ0v) is 19.4. The van der Waals surface area contributed by atoms with Gasteiger partial charge >= 0.3 is 6.03 Å². The van der Waals surface area contributed by atoms with Crippen LogP contribution < -0.4 is 10.6 Å². The summed E-state index contributed by atoms with van der Waals surface area (Å²) in [4.78, 5) is 21.0. The lowest BCUT2D eigenvalue weighted by atomic mass is 10.0. The normalized spacial score (nSPS) is 11.2. The molecule has 0 saturated carbocycles. The molecule has 0 saturated heterocycles. The molecule has 0 atom stereocenters.